The van der Waals surface area contributed by atoms with E-state index in [1.807, 2.05) is 18.2 Å². The molecule has 1 unspecified atom stereocenters. The lowest BCUT2D eigenvalue weighted by molar-refractivity contribution is -0.138. The number of nitrogens with zero attached hydrogens (tertiary/aromatic N) is 1. The van der Waals surface area contributed by atoms with Crippen molar-refractivity contribution in [3.8, 4) is 5.88 Å². The Morgan fingerprint density at radius 3 is 2.80 bits per heavy atom. The third kappa shape index (κ3) is 3.27. The number of ether oxygens (including phenoxy) is 1. The molecule has 0 aliphatic heterocycles. The van der Waals surface area contributed by atoms with Crippen LogP contribution in [0.4, 0.5) is 0 Å². The highest BCUT2D eigenvalue weighted by Gasteiger charge is 2.22. The first kappa shape index (κ1) is 14.3. The second kappa shape index (κ2) is 6.39. The summed E-state index contributed by atoms with van der Waals surface area (Å²) in [4.78, 5) is 15.5. The van der Waals surface area contributed by atoms with Gasteiger partial charge in [-0.05, 0) is 29.7 Å². The van der Waals surface area contributed by atoms with E-state index in [0.29, 0.717) is 22.9 Å². The number of rotatable bonds is 5. The van der Waals surface area contributed by atoms with Crippen LogP contribution < -0.4 is 4.74 Å². The van der Waals surface area contributed by atoms with Gasteiger partial charge in [-0.15, -0.1) is 0 Å². The number of methoxy groups -OCH3 is 1. The van der Waals surface area contributed by atoms with Gasteiger partial charge in [0.1, 0.15) is 0 Å². The fourth-order valence-corrected chi connectivity index (χ4v) is 2.20. The summed E-state index contributed by atoms with van der Waals surface area (Å²) in [6, 6.07) is 10.6. The second-order valence-corrected chi connectivity index (χ2v) is 4.73. The minimum absolute atomic E-state index is 0.322. The van der Waals surface area contributed by atoms with Crippen LogP contribution in [0.2, 0.25) is 5.02 Å². The molecule has 20 heavy (non-hydrogen) atoms. The van der Waals surface area contributed by atoms with E-state index in [1.165, 1.54) is 13.3 Å². The van der Waals surface area contributed by atoms with Crippen molar-refractivity contribution in [1.82, 2.24) is 4.98 Å². The number of aromatic nitrogens is 1. The Morgan fingerprint density at radius 2 is 2.15 bits per heavy atom. The molecule has 4 nitrogen and oxygen atoms in total. The van der Waals surface area contributed by atoms with Crippen molar-refractivity contribution in [2.75, 3.05) is 7.11 Å². The molecule has 5 heteroatoms. The molecule has 2 rings (SSSR count). The molecule has 0 aliphatic carbocycles. The molecule has 1 atom stereocenters. The zero-order valence-corrected chi connectivity index (χ0v) is 11.7. The topological polar surface area (TPSA) is 59.4 Å². The molecule has 0 aliphatic rings. The minimum Gasteiger partial charge on any atom is -0.481 e. The second-order valence-electron chi connectivity index (χ2n) is 4.32. The van der Waals surface area contributed by atoms with Gasteiger partial charge in [0.2, 0.25) is 5.88 Å². The first-order valence-corrected chi connectivity index (χ1v) is 6.45. The van der Waals surface area contributed by atoms with Gasteiger partial charge in [0.05, 0.1) is 13.0 Å². The molecule has 2 aromatic rings. The van der Waals surface area contributed by atoms with E-state index >= 15 is 0 Å². The molecular formula is C15H14ClNO3. The van der Waals surface area contributed by atoms with Gasteiger partial charge in [0.15, 0.2) is 0 Å². The normalized spacial score (nSPS) is 11.9. The number of benzene rings is 1. The SMILES string of the molecule is COc1cc(C(Cc2ccccc2Cl)C(=O)O)ccn1. The summed E-state index contributed by atoms with van der Waals surface area (Å²) >= 11 is 6.09. The monoisotopic (exact) mass is 291 g/mol. The number of halogens is 1. The fourth-order valence-electron chi connectivity index (χ4n) is 1.98. The molecule has 0 saturated carbocycles. The van der Waals surface area contributed by atoms with E-state index in [1.54, 1.807) is 18.2 Å². The third-order valence-electron chi connectivity index (χ3n) is 3.05. The molecule has 1 heterocycles. The fraction of sp³-hybridized carbons (Fsp3) is 0.200. The summed E-state index contributed by atoms with van der Waals surface area (Å²) in [5, 5.41) is 10.0. The van der Waals surface area contributed by atoms with E-state index < -0.39 is 11.9 Å². The van der Waals surface area contributed by atoms with Crippen molar-refractivity contribution in [2.45, 2.75) is 12.3 Å². The van der Waals surface area contributed by atoms with Crippen LogP contribution in [0.5, 0.6) is 5.88 Å². The van der Waals surface area contributed by atoms with Gasteiger partial charge in [-0.2, -0.15) is 0 Å². The van der Waals surface area contributed by atoms with Gasteiger partial charge >= 0.3 is 5.97 Å². The predicted molar refractivity (Wildman–Crippen MR) is 76.3 cm³/mol. The third-order valence-corrected chi connectivity index (χ3v) is 3.42. The smallest absolute Gasteiger partial charge is 0.311 e. The quantitative estimate of drug-likeness (QED) is 0.919. The Morgan fingerprint density at radius 1 is 1.40 bits per heavy atom. The summed E-state index contributed by atoms with van der Waals surface area (Å²) in [6.45, 7) is 0. The van der Waals surface area contributed by atoms with Crippen LogP contribution >= 0.6 is 11.6 Å². The molecule has 1 aromatic heterocycles. The van der Waals surface area contributed by atoms with E-state index in [0.717, 1.165) is 5.56 Å². The molecule has 0 bridgehead atoms. The molecule has 0 spiro atoms. The van der Waals surface area contributed by atoms with Gasteiger partial charge < -0.3 is 9.84 Å². The van der Waals surface area contributed by atoms with E-state index in [2.05, 4.69) is 4.98 Å². The zero-order chi connectivity index (χ0) is 14.5. The maximum absolute atomic E-state index is 11.5. The van der Waals surface area contributed by atoms with Crippen LogP contribution in [0, 0.1) is 0 Å². The van der Waals surface area contributed by atoms with Crippen LogP contribution in [-0.4, -0.2) is 23.2 Å². The van der Waals surface area contributed by atoms with Crippen LogP contribution in [0.3, 0.4) is 0 Å². The van der Waals surface area contributed by atoms with Gasteiger partial charge in [-0.3, -0.25) is 4.79 Å². The standard InChI is InChI=1S/C15H14ClNO3/c1-20-14-9-10(6-7-17-14)12(15(18)19)8-11-4-2-3-5-13(11)16/h2-7,9,12H,8H2,1H3,(H,18,19). The average molecular weight is 292 g/mol. The highest BCUT2D eigenvalue weighted by Crippen LogP contribution is 2.26. The summed E-state index contributed by atoms with van der Waals surface area (Å²) in [5.41, 5.74) is 1.45. The van der Waals surface area contributed by atoms with Crippen LogP contribution in [0.1, 0.15) is 17.0 Å². The number of carboxylic acid groups (broad SMARTS) is 1. The zero-order valence-electron chi connectivity index (χ0n) is 10.9. The lowest BCUT2D eigenvalue weighted by Crippen LogP contribution is -2.15. The van der Waals surface area contributed by atoms with Crippen LogP contribution in [-0.2, 0) is 11.2 Å². The van der Waals surface area contributed by atoms with Crippen molar-refractivity contribution < 1.29 is 14.6 Å². The first-order valence-electron chi connectivity index (χ1n) is 6.08. The van der Waals surface area contributed by atoms with Crippen LogP contribution in [0.15, 0.2) is 42.6 Å². The van der Waals surface area contributed by atoms with Gasteiger partial charge in [0.25, 0.3) is 0 Å². The minimum atomic E-state index is -0.904. The predicted octanol–water partition coefficient (Wildman–Crippen LogP) is 3.15. The highest BCUT2D eigenvalue weighted by molar-refractivity contribution is 6.31. The van der Waals surface area contributed by atoms with Crippen molar-refractivity contribution in [1.29, 1.82) is 0 Å². The highest BCUT2D eigenvalue weighted by atomic mass is 35.5. The lowest BCUT2D eigenvalue weighted by Gasteiger charge is -2.14. The Labute approximate surface area is 122 Å². The van der Waals surface area contributed by atoms with E-state index in [4.69, 9.17) is 16.3 Å². The van der Waals surface area contributed by atoms with Gasteiger partial charge in [0, 0.05) is 17.3 Å². The number of pyridine rings is 1. The number of hydrogen-bond donors (Lipinski definition) is 1. The molecule has 0 radical (unpaired) electrons. The maximum atomic E-state index is 11.5. The number of hydrogen-bond acceptors (Lipinski definition) is 3. The summed E-state index contributed by atoms with van der Waals surface area (Å²) < 4.78 is 5.03. The molecule has 0 saturated heterocycles. The van der Waals surface area contributed by atoms with E-state index in [-0.39, 0.29) is 0 Å². The summed E-state index contributed by atoms with van der Waals surface area (Å²) in [5.74, 6) is -1.20. The lowest BCUT2D eigenvalue weighted by atomic mass is 9.92. The van der Waals surface area contributed by atoms with Crippen LogP contribution in [0.25, 0.3) is 0 Å². The number of carbonyl (C=O) groups is 1. The Balaban J connectivity index is 2.32. The number of carboxylic acids is 1. The molecular weight excluding hydrogens is 278 g/mol. The Kier molecular flexibility index (Phi) is 4.58. The molecule has 0 amide bonds. The van der Waals surface area contributed by atoms with Crippen molar-refractivity contribution in [3.05, 3.63) is 58.7 Å². The van der Waals surface area contributed by atoms with Crippen molar-refractivity contribution in [3.63, 3.8) is 0 Å². The largest absolute Gasteiger partial charge is 0.481 e. The Bertz CT molecular complexity index is 616. The first-order chi connectivity index (χ1) is 9.61. The van der Waals surface area contributed by atoms with Crippen molar-refractivity contribution >= 4 is 17.6 Å². The molecule has 1 N–H and O–H groups in total. The summed E-state index contributed by atoms with van der Waals surface area (Å²) in [6.07, 6.45) is 1.86. The van der Waals surface area contributed by atoms with Gasteiger partial charge in [-0.1, -0.05) is 29.8 Å². The van der Waals surface area contributed by atoms with Crippen molar-refractivity contribution in [2.24, 2.45) is 0 Å². The summed E-state index contributed by atoms with van der Waals surface area (Å²) in [7, 11) is 1.50. The maximum Gasteiger partial charge on any atom is 0.311 e. The molecule has 0 fully saturated rings. The number of aliphatic carboxylic acids is 1. The van der Waals surface area contributed by atoms with Gasteiger partial charge in [-0.25, -0.2) is 4.98 Å². The average Bonchev–Trinajstić information content (AvgIpc) is 2.46. The molecule has 104 valence electrons. The molecule has 1 aromatic carbocycles. The Hall–Kier alpha value is -2.07. The van der Waals surface area contributed by atoms with E-state index in [9.17, 15) is 9.90 Å².